The Kier molecular flexibility index (Phi) is 4.18. The van der Waals surface area contributed by atoms with Crippen molar-refractivity contribution < 1.29 is 32.8 Å². The minimum atomic E-state index is -4.32. The van der Waals surface area contributed by atoms with Gasteiger partial charge in [-0.05, 0) is 12.1 Å². The summed E-state index contributed by atoms with van der Waals surface area (Å²) in [4.78, 5) is 26.2. The highest BCUT2D eigenvalue weighted by molar-refractivity contribution is 7.48. The lowest BCUT2D eigenvalue weighted by molar-refractivity contribution is -0.178. The minimum Gasteiger partial charge on any atom is -0.372 e. The summed E-state index contributed by atoms with van der Waals surface area (Å²) in [5.74, 6) is -1.78. The molecule has 2 aromatic rings. The summed E-state index contributed by atoms with van der Waals surface area (Å²) in [6.07, 6.45) is 0. The van der Waals surface area contributed by atoms with E-state index in [0.717, 1.165) is 14.2 Å². The number of rotatable bonds is 5. The molecule has 0 unspecified atom stereocenters. The number of carbonyl (C=O) groups excluding carboxylic acids is 2. The van der Waals surface area contributed by atoms with Gasteiger partial charge in [0.15, 0.2) is 0 Å². The average Bonchev–Trinajstić information content (AvgIpc) is 3.14. The molecule has 28 heavy (non-hydrogen) atoms. The molecule has 0 bridgehead atoms. The van der Waals surface area contributed by atoms with Crippen LogP contribution in [0.25, 0.3) is 0 Å². The summed E-state index contributed by atoms with van der Waals surface area (Å²) in [6, 6.07) is 12.7. The van der Waals surface area contributed by atoms with Crippen molar-refractivity contribution in [2.45, 2.75) is 11.2 Å². The molecule has 9 nitrogen and oxygen atoms in total. The molecule has 10 heteroatoms. The molecule has 0 fully saturated rings. The standard InChI is InChI=1S/C18H17N2O7P/c1-25-28(24,26-2)27-18(12-8-4-6-10-14(12)20-16(18)22)17(23)11-7-3-5-9-13(11)19-15(17)21/h3-10,23H,1-2H3,(H,19,21)(H,20,22)/t17-,18+/m0/s1. The van der Waals surface area contributed by atoms with E-state index in [0.29, 0.717) is 11.4 Å². The number of nitrogens with one attached hydrogen (secondary N) is 2. The Labute approximate surface area is 160 Å². The van der Waals surface area contributed by atoms with Gasteiger partial charge in [0.25, 0.3) is 11.8 Å². The maximum Gasteiger partial charge on any atom is 0.475 e. The lowest BCUT2D eigenvalue weighted by Crippen LogP contribution is -2.58. The van der Waals surface area contributed by atoms with Gasteiger partial charge in [0, 0.05) is 36.7 Å². The van der Waals surface area contributed by atoms with Gasteiger partial charge in [-0.1, -0.05) is 36.4 Å². The van der Waals surface area contributed by atoms with Crippen molar-refractivity contribution >= 4 is 31.0 Å². The van der Waals surface area contributed by atoms with Crippen LogP contribution in [0.5, 0.6) is 0 Å². The third-order valence-electron chi connectivity index (χ3n) is 4.97. The fourth-order valence-electron chi connectivity index (χ4n) is 3.66. The van der Waals surface area contributed by atoms with Crippen LogP contribution in [0.3, 0.4) is 0 Å². The summed E-state index contributed by atoms with van der Waals surface area (Å²) in [7, 11) is -2.18. The Morgan fingerprint density at radius 1 is 0.857 bits per heavy atom. The highest BCUT2D eigenvalue weighted by atomic mass is 31.2. The average molecular weight is 404 g/mol. The highest BCUT2D eigenvalue weighted by Crippen LogP contribution is 2.62. The minimum absolute atomic E-state index is 0.102. The van der Waals surface area contributed by atoms with Gasteiger partial charge < -0.3 is 15.7 Å². The molecule has 0 saturated heterocycles. The number of aliphatic hydroxyl groups is 1. The van der Waals surface area contributed by atoms with Gasteiger partial charge in [-0.25, -0.2) is 4.57 Å². The van der Waals surface area contributed by atoms with Crippen LogP contribution < -0.4 is 10.6 Å². The van der Waals surface area contributed by atoms with E-state index < -0.39 is 30.8 Å². The quantitative estimate of drug-likeness (QED) is 0.652. The smallest absolute Gasteiger partial charge is 0.372 e. The Bertz CT molecular complexity index is 1030. The van der Waals surface area contributed by atoms with E-state index in [1.807, 2.05) is 0 Å². The maximum absolute atomic E-state index is 13.2. The fourth-order valence-corrected chi connectivity index (χ4v) is 4.60. The number of hydrogen-bond acceptors (Lipinski definition) is 7. The molecule has 2 aliphatic rings. The topological polar surface area (TPSA) is 123 Å². The second-order valence-electron chi connectivity index (χ2n) is 6.29. The van der Waals surface area contributed by atoms with Crippen molar-refractivity contribution in [3.8, 4) is 0 Å². The van der Waals surface area contributed by atoms with E-state index in [1.165, 1.54) is 12.1 Å². The van der Waals surface area contributed by atoms with E-state index in [1.54, 1.807) is 36.4 Å². The van der Waals surface area contributed by atoms with Crippen molar-refractivity contribution in [1.82, 2.24) is 0 Å². The summed E-state index contributed by atoms with van der Waals surface area (Å²) < 4.78 is 28.2. The molecule has 2 aromatic carbocycles. The monoisotopic (exact) mass is 404 g/mol. The zero-order chi connectivity index (χ0) is 20.2. The molecule has 3 N–H and O–H groups in total. The van der Waals surface area contributed by atoms with Crippen LogP contribution >= 0.6 is 7.82 Å². The lowest BCUT2D eigenvalue weighted by Gasteiger charge is -2.39. The third-order valence-corrected chi connectivity index (χ3v) is 6.37. The number of para-hydroxylation sites is 2. The molecule has 2 heterocycles. The van der Waals surface area contributed by atoms with Gasteiger partial charge in [0.1, 0.15) is 0 Å². The Morgan fingerprint density at radius 2 is 1.36 bits per heavy atom. The molecular weight excluding hydrogens is 387 g/mol. The van der Waals surface area contributed by atoms with E-state index in [2.05, 4.69) is 10.6 Å². The van der Waals surface area contributed by atoms with Crippen molar-refractivity contribution in [3.63, 3.8) is 0 Å². The van der Waals surface area contributed by atoms with Gasteiger partial charge in [0.2, 0.25) is 11.2 Å². The molecule has 0 saturated carbocycles. The molecule has 0 aliphatic carbocycles. The molecule has 4 rings (SSSR count). The first-order chi connectivity index (χ1) is 13.3. The van der Waals surface area contributed by atoms with E-state index in [9.17, 15) is 19.3 Å². The van der Waals surface area contributed by atoms with Crippen LogP contribution in [0.1, 0.15) is 11.1 Å². The van der Waals surface area contributed by atoms with E-state index in [-0.39, 0.29) is 11.1 Å². The number of fused-ring (bicyclic) bond motifs is 2. The first kappa shape index (κ1) is 18.8. The van der Waals surface area contributed by atoms with E-state index >= 15 is 0 Å². The maximum atomic E-state index is 13.2. The van der Waals surface area contributed by atoms with Gasteiger partial charge in [-0.3, -0.25) is 23.2 Å². The molecule has 0 spiro atoms. The van der Waals surface area contributed by atoms with Crippen LogP contribution in [-0.4, -0.2) is 31.1 Å². The third kappa shape index (κ3) is 2.25. The van der Waals surface area contributed by atoms with Crippen LogP contribution in [0.4, 0.5) is 11.4 Å². The molecule has 0 radical (unpaired) electrons. The summed E-state index contributed by atoms with van der Waals surface area (Å²) in [6.45, 7) is 0. The van der Waals surface area contributed by atoms with Crippen molar-refractivity contribution in [1.29, 1.82) is 0 Å². The summed E-state index contributed by atoms with van der Waals surface area (Å²) in [5, 5.41) is 16.8. The van der Waals surface area contributed by atoms with Gasteiger partial charge in [-0.2, -0.15) is 0 Å². The molecule has 2 atom stereocenters. The second-order valence-corrected chi connectivity index (χ2v) is 8.10. The zero-order valence-electron chi connectivity index (χ0n) is 15.0. The number of benzene rings is 2. The second kappa shape index (κ2) is 6.23. The van der Waals surface area contributed by atoms with Crippen molar-refractivity contribution in [3.05, 3.63) is 59.7 Å². The molecule has 0 aromatic heterocycles. The molecule has 2 amide bonds. The largest absolute Gasteiger partial charge is 0.475 e. The molecule has 2 aliphatic heterocycles. The lowest BCUT2D eigenvalue weighted by atomic mass is 9.74. The predicted molar refractivity (Wildman–Crippen MR) is 98.4 cm³/mol. The normalized spacial score (nSPS) is 25.8. The number of phosphoric ester groups is 1. The van der Waals surface area contributed by atoms with E-state index in [4.69, 9.17) is 13.6 Å². The SMILES string of the molecule is COP(=O)(OC)O[C@@]1([C@@]2(O)C(=O)Nc3ccccc32)C(=O)Nc2ccccc21. The Morgan fingerprint density at radius 3 is 1.96 bits per heavy atom. The first-order valence-electron chi connectivity index (χ1n) is 8.29. The fraction of sp³-hybridized carbons (Fsp3) is 0.222. The van der Waals surface area contributed by atoms with Crippen LogP contribution in [0, 0.1) is 0 Å². The van der Waals surface area contributed by atoms with Gasteiger partial charge in [-0.15, -0.1) is 0 Å². The van der Waals surface area contributed by atoms with Gasteiger partial charge in [0.05, 0.1) is 0 Å². The summed E-state index contributed by atoms with van der Waals surface area (Å²) >= 11 is 0. The van der Waals surface area contributed by atoms with Crippen LogP contribution in [0.15, 0.2) is 48.5 Å². The Balaban J connectivity index is 2.05. The summed E-state index contributed by atoms with van der Waals surface area (Å²) in [5.41, 5.74) is -4.11. The van der Waals surface area contributed by atoms with Crippen LogP contribution in [0.2, 0.25) is 0 Å². The number of carbonyl (C=O) groups is 2. The van der Waals surface area contributed by atoms with Crippen LogP contribution in [-0.2, 0) is 38.9 Å². The van der Waals surface area contributed by atoms with Gasteiger partial charge >= 0.3 is 7.82 Å². The molecule has 146 valence electrons. The zero-order valence-corrected chi connectivity index (χ0v) is 15.9. The number of anilines is 2. The number of hydrogen-bond donors (Lipinski definition) is 3. The highest BCUT2D eigenvalue weighted by Gasteiger charge is 2.71. The predicted octanol–water partition coefficient (Wildman–Crippen LogP) is 2.09. The van der Waals surface area contributed by atoms with Crippen molar-refractivity contribution in [2.24, 2.45) is 0 Å². The Hall–Kier alpha value is -2.55. The molecular formula is C18H17N2O7P. The number of phosphoric acid groups is 1. The first-order valence-corrected chi connectivity index (χ1v) is 9.75. The number of amides is 2. The van der Waals surface area contributed by atoms with Crippen molar-refractivity contribution in [2.75, 3.05) is 24.9 Å².